The maximum atomic E-state index is 12.9. The van der Waals surface area contributed by atoms with Crippen molar-refractivity contribution in [2.75, 3.05) is 12.4 Å². The zero-order valence-electron chi connectivity index (χ0n) is 20.7. The van der Waals surface area contributed by atoms with Crippen molar-refractivity contribution in [2.45, 2.75) is 36.8 Å². The van der Waals surface area contributed by atoms with Gasteiger partial charge in [0.2, 0.25) is 0 Å². The van der Waals surface area contributed by atoms with E-state index in [9.17, 15) is 19.5 Å². The summed E-state index contributed by atoms with van der Waals surface area (Å²) in [5.41, 5.74) is 0.116. The third-order valence-corrected chi connectivity index (χ3v) is 6.88. The zero-order valence-corrected chi connectivity index (χ0v) is 21.5. The van der Waals surface area contributed by atoms with Gasteiger partial charge in [-0.15, -0.1) is 11.8 Å². The molecule has 0 aromatic heterocycles. The molecular weight excluding hydrogens is 508 g/mol. The number of carbonyl (C=O) groups excluding carboxylic acids is 3. The van der Waals surface area contributed by atoms with Crippen LogP contribution in [0.1, 0.15) is 38.0 Å². The summed E-state index contributed by atoms with van der Waals surface area (Å²) < 4.78 is 23.0. The van der Waals surface area contributed by atoms with E-state index in [2.05, 4.69) is 0 Å². The summed E-state index contributed by atoms with van der Waals surface area (Å²) in [6.45, 7) is 1.60. The van der Waals surface area contributed by atoms with Crippen LogP contribution < -0.4 is 0 Å². The highest BCUT2D eigenvalue weighted by atomic mass is 32.2. The number of aliphatic hydroxyl groups excluding tert-OH is 1. The van der Waals surface area contributed by atoms with Gasteiger partial charge < -0.3 is 24.1 Å². The molecule has 5 atom stereocenters. The molecular formula is C29H28O8S. The Morgan fingerprint density at radius 1 is 0.737 bits per heavy atom. The summed E-state index contributed by atoms with van der Waals surface area (Å²) in [5.74, 6) is -1.36. The Morgan fingerprint density at radius 3 is 1.66 bits per heavy atom. The monoisotopic (exact) mass is 536 g/mol. The van der Waals surface area contributed by atoms with Crippen molar-refractivity contribution in [1.29, 1.82) is 0 Å². The minimum absolute atomic E-state index is 0.266. The van der Waals surface area contributed by atoms with Gasteiger partial charge in [-0.3, -0.25) is 0 Å². The molecule has 8 nitrogen and oxygen atoms in total. The Balaban J connectivity index is 1.57. The minimum Gasteiger partial charge on any atom is -0.459 e. The Hall–Kier alpha value is -3.66. The number of hydrogen-bond donors (Lipinski definition) is 1. The van der Waals surface area contributed by atoms with E-state index in [1.165, 1.54) is 11.8 Å². The number of esters is 3. The van der Waals surface area contributed by atoms with E-state index in [4.69, 9.17) is 18.9 Å². The molecule has 0 amide bonds. The van der Waals surface area contributed by atoms with Crippen molar-refractivity contribution < 1.29 is 38.4 Å². The van der Waals surface area contributed by atoms with E-state index in [1.54, 1.807) is 91.0 Å². The van der Waals surface area contributed by atoms with Gasteiger partial charge in [0.05, 0.1) is 16.7 Å². The van der Waals surface area contributed by atoms with E-state index >= 15 is 0 Å². The van der Waals surface area contributed by atoms with Crippen LogP contribution in [0.5, 0.6) is 0 Å². The van der Waals surface area contributed by atoms with Crippen molar-refractivity contribution >= 4 is 29.7 Å². The first-order valence-corrected chi connectivity index (χ1v) is 13.2. The van der Waals surface area contributed by atoms with Crippen LogP contribution in [0.4, 0.5) is 0 Å². The number of rotatable bonds is 9. The van der Waals surface area contributed by atoms with Gasteiger partial charge in [-0.05, 0) is 42.2 Å². The van der Waals surface area contributed by atoms with E-state index in [0.29, 0.717) is 16.9 Å². The molecule has 1 N–H and O–H groups in total. The maximum absolute atomic E-state index is 12.9. The summed E-state index contributed by atoms with van der Waals surface area (Å²) in [4.78, 5) is 38.3. The van der Waals surface area contributed by atoms with E-state index < -0.39 is 47.8 Å². The highest BCUT2D eigenvalue weighted by Crippen LogP contribution is 2.33. The third kappa shape index (κ3) is 6.80. The first-order valence-electron chi connectivity index (χ1n) is 12.2. The van der Waals surface area contributed by atoms with Crippen LogP contribution in [0.2, 0.25) is 0 Å². The van der Waals surface area contributed by atoms with Crippen LogP contribution in [0.15, 0.2) is 91.0 Å². The molecule has 0 aliphatic carbocycles. The van der Waals surface area contributed by atoms with Crippen molar-refractivity contribution in [3.05, 3.63) is 108 Å². The van der Waals surface area contributed by atoms with Crippen molar-refractivity contribution in [3.63, 3.8) is 0 Å². The zero-order chi connectivity index (χ0) is 26.9. The number of carbonyl (C=O) groups is 3. The summed E-state index contributed by atoms with van der Waals surface area (Å²) in [5, 5.41) is 11.4. The van der Waals surface area contributed by atoms with Gasteiger partial charge in [0.15, 0.2) is 12.2 Å². The topological polar surface area (TPSA) is 108 Å². The Kier molecular flexibility index (Phi) is 9.53. The van der Waals surface area contributed by atoms with Gasteiger partial charge >= 0.3 is 17.9 Å². The lowest BCUT2D eigenvalue weighted by Gasteiger charge is -2.43. The predicted octanol–water partition coefficient (Wildman–Crippen LogP) is 4.13. The molecule has 9 heteroatoms. The fraction of sp³-hybridized carbons (Fsp3) is 0.276. The predicted molar refractivity (Wildman–Crippen MR) is 141 cm³/mol. The normalized spacial score (nSPS) is 22.7. The second kappa shape index (κ2) is 13.2. The molecule has 198 valence electrons. The largest absolute Gasteiger partial charge is 0.459 e. The van der Waals surface area contributed by atoms with Gasteiger partial charge in [0.25, 0.3) is 0 Å². The number of benzene rings is 3. The Morgan fingerprint density at radius 2 is 1.18 bits per heavy atom. The standard InChI is InChI=1S/C29H28O8S/c1-2-38-29-25(37-28(33)21-16-10-5-11-17-21)23(30)24(36-27(32)20-14-8-4-9-15-20)22(35-29)18-34-26(31)19-12-6-3-7-13-19/h3-17,22-25,29-30H,2,18H2,1H3/t22-,23+,24+,25-,29-/m1/s1. The van der Waals surface area contributed by atoms with E-state index in [1.807, 2.05) is 6.92 Å². The van der Waals surface area contributed by atoms with Gasteiger partial charge in [0, 0.05) is 0 Å². The molecule has 3 aromatic rings. The second-order valence-electron chi connectivity index (χ2n) is 8.43. The molecule has 1 aliphatic heterocycles. The molecule has 0 unspecified atom stereocenters. The SMILES string of the molecule is CCS[C@H]1O[C@H](COC(=O)c2ccccc2)[C@H](OC(=O)c2ccccc2)[C@H](O)[C@H]1OC(=O)c1ccccc1. The molecule has 1 fully saturated rings. The fourth-order valence-corrected chi connectivity index (χ4v) is 4.90. The summed E-state index contributed by atoms with van der Waals surface area (Å²) in [6, 6.07) is 25.1. The third-order valence-electron chi connectivity index (χ3n) is 5.84. The molecule has 1 heterocycles. The molecule has 38 heavy (non-hydrogen) atoms. The average Bonchev–Trinajstić information content (AvgIpc) is 2.96. The summed E-state index contributed by atoms with van der Waals surface area (Å²) in [6.07, 6.45) is -4.90. The van der Waals surface area contributed by atoms with Gasteiger partial charge in [0.1, 0.15) is 24.3 Å². The van der Waals surface area contributed by atoms with Gasteiger partial charge in [-0.2, -0.15) is 0 Å². The molecule has 0 radical (unpaired) electrons. The van der Waals surface area contributed by atoms with E-state index in [0.717, 1.165) is 0 Å². The first kappa shape index (κ1) is 27.4. The minimum atomic E-state index is -1.45. The van der Waals surface area contributed by atoms with Crippen LogP contribution in [0, 0.1) is 0 Å². The molecule has 0 spiro atoms. The molecule has 1 aliphatic rings. The van der Waals surface area contributed by atoms with Crippen molar-refractivity contribution in [3.8, 4) is 0 Å². The van der Waals surface area contributed by atoms with Crippen molar-refractivity contribution in [2.24, 2.45) is 0 Å². The van der Waals surface area contributed by atoms with E-state index in [-0.39, 0.29) is 12.2 Å². The van der Waals surface area contributed by atoms with Crippen LogP contribution in [0.25, 0.3) is 0 Å². The maximum Gasteiger partial charge on any atom is 0.338 e. The van der Waals surface area contributed by atoms with Crippen LogP contribution in [-0.2, 0) is 18.9 Å². The number of ether oxygens (including phenoxy) is 4. The number of hydrogen-bond acceptors (Lipinski definition) is 9. The number of thioether (sulfide) groups is 1. The number of aliphatic hydroxyl groups is 1. The van der Waals surface area contributed by atoms with Crippen molar-refractivity contribution in [1.82, 2.24) is 0 Å². The molecule has 1 saturated heterocycles. The lowest BCUT2D eigenvalue weighted by Crippen LogP contribution is -2.60. The Labute approximate surface area is 224 Å². The molecule has 4 rings (SSSR count). The summed E-state index contributed by atoms with van der Waals surface area (Å²) >= 11 is 1.31. The first-order chi connectivity index (χ1) is 18.5. The lowest BCUT2D eigenvalue weighted by molar-refractivity contribution is -0.206. The fourth-order valence-electron chi connectivity index (χ4n) is 3.95. The van der Waals surface area contributed by atoms with Gasteiger partial charge in [-0.25, -0.2) is 14.4 Å². The molecule has 3 aromatic carbocycles. The van der Waals surface area contributed by atoms with Crippen LogP contribution in [-0.4, -0.2) is 65.2 Å². The molecule has 0 saturated carbocycles. The van der Waals surface area contributed by atoms with Gasteiger partial charge in [-0.1, -0.05) is 61.5 Å². The quantitative estimate of drug-likeness (QED) is 0.319. The Bertz CT molecular complexity index is 1200. The van der Waals surface area contributed by atoms with Crippen LogP contribution >= 0.6 is 11.8 Å². The second-order valence-corrected chi connectivity index (χ2v) is 9.80. The highest BCUT2D eigenvalue weighted by Gasteiger charge is 2.50. The van der Waals surface area contributed by atoms with Crippen LogP contribution in [0.3, 0.4) is 0 Å². The summed E-state index contributed by atoms with van der Waals surface area (Å²) in [7, 11) is 0. The smallest absolute Gasteiger partial charge is 0.338 e. The lowest BCUT2D eigenvalue weighted by atomic mass is 9.99. The molecule has 0 bridgehead atoms. The average molecular weight is 537 g/mol. The highest BCUT2D eigenvalue weighted by molar-refractivity contribution is 7.99.